The molecule has 0 saturated carbocycles. The monoisotopic (exact) mass is 256 g/mol. The van der Waals surface area contributed by atoms with Crippen molar-refractivity contribution < 1.29 is 13.2 Å². The van der Waals surface area contributed by atoms with Gasteiger partial charge in [-0.25, -0.2) is 0 Å². The summed E-state index contributed by atoms with van der Waals surface area (Å²) in [5.74, 6) is 0. The van der Waals surface area contributed by atoms with Crippen molar-refractivity contribution in [1.82, 2.24) is 4.57 Å². The van der Waals surface area contributed by atoms with Crippen molar-refractivity contribution >= 4 is 10.8 Å². The van der Waals surface area contributed by atoms with Gasteiger partial charge in [-0.05, 0) is 11.6 Å². The van der Waals surface area contributed by atoms with Crippen LogP contribution in [0.4, 0.5) is 13.2 Å². The molecule has 0 aliphatic rings. The van der Waals surface area contributed by atoms with Crippen molar-refractivity contribution in [1.29, 1.82) is 0 Å². The van der Waals surface area contributed by atoms with Crippen LogP contribution < -0.4 is 11.3 Å². The Morgan fingerprint density at radius 1 is 1.28 bits per heavy atom. The quantitative estimate of drug-likeness (QED) is 0.848. The number of nitrogens with two attached hydrogens (primary N) is 1. The van der Waals surface area contributed by atoms with E-state index in [0.717, 1.165) is 10.8 Å². The van der Waals surface area contributed by atoms with Crippen molar-refractivity contribution in [2.45, 2.75) is 12.7 Å². The molecular formula is C12H11F3N2O. The highest BCUT2D eigenvalue weighted by Gasteiger charge is 2.33. The number of aromatic nitrogens is 1. The summed E-state index contributed by atoms with van der Waals surface area (Å²) in [4.78, 5) is 11.8. The number of hydrogen-bond acceptors (Lipinski definition) is 2. The molecule has 0 aliphatic heterocycles. The van der Waals surface area contributed by atoms with Crippen LogP contribution in [-0.2, 0) is 19.8 Å². The van der Waals surface area contributed by atoms with Gasteiger partial charge < -0.3 is 10.3 Å². The van der Waals surface area contributed by atoms with Crippen molar-refractivity contribution in [3.8, 4) is 0 Å². The van der Waals surface area contributed by atoms with Crippen LogP contribution in [0.3, 0.4) is 0 Å². The molecule has 18 heavy (non-hydrogen) atoms. The second-order valence-electron chi connectivity index (χ2n) is 4.04. The van der Waals surface area contributed by atoms with E-state index >= 15 is 0 Å². The van der Waals surface area contributed by atoms with E-state index < -0.39 is 17.3 Å². The van der Waals surface area contributed by atoms with Gasteiger partial charge in [0.15, 0.2) is 0 Å². The number of aryl methyl sites for hydroxylation is 1. The number of alkyl halides is 3. The van der Waals surface area contributed by atoms with Crippen LogP contribution in [0.2, 0.25) is 0 Å². The molecular weight excluding hydrogens is 245 g/mol. The van der Waals surface area contributed by atoms with Gasteiger partial charge in [0, 0.05) is 30.6 Å². The van der Waals surface area contributed by atoms with Crippen molar-refractivity contribution in [2.24, 2.45) is 12.8 Å². The molecule has 0 fully saturated rings. The summed E-state index contributed by atoms with van der Waals surface area (Å²) in [7, 11) is 1.30. The minimum atomic E-state index is -4.49. The van der Waals surface area contributed by atoms with Gasteiger partial charge in [-0.1, -0.05) is 12.1 Å². The van der Waals surface area contributed by atoms with Crippen LogP contribution in [0.25, 0.3) is 10.8 Å². The number of rotatable bonds is 1. The molecule has 0 amide bonds. The molecule has 0 saturated heterocycles. The Kier molecular flexibility index (Phi) is 2.90. The lowest BCUT2D eigenvalue weighted by molar-refractivity contribution is -0.136. The van der Waals surface area contributed by atoms with Gasteiger partial charge in [0.25, 0.3) is 5.56 Å². The van der Waals surface area contributed by atoms with Gasteiger partial charge in [0.1, 0.15) is 0 Å². The lowest BCUT2D eigenvalue weighted by Gasteiger charge is -2.12. The molecule has 1 aromatic heterocycles. The predicted molar refractivity (Wildman–Crippen MR) is 62.1 cm³/mol. The largest absolute Gasteiger partial charge is 0.418 e. The Morgan fingerprint density at radius 2 is 1.94 bits per heavy atom. The fraction of sp³-hybridized carbons (Fsp3) is 0.250. The van der Waals surface area contributed by atoms with E-state index in [4.69, 9.17) is 5.73 Å². The van der Waals surface area contributed by atoms with Gasteiger partial charge >= 0.3 is 6.18 Å². The van der Waals surface area contributed by atoms with E-state index in [-0.39, 0.29) is 17.3 Å². The van der Waals surface area contributed by atoms with E-state index in [1.54, 1.807) is 0 Å². The molecule has 0 bridgehead atoms. The van der Waals surface area contributed by atoms with Gasteiger partial charge in [0.05, 0.1) is 5.56 Å². The topological polar surface area (TPSA) is 48.0 Å². The maximum atomic E-state index is 12.9. The van der Waals surface area contributed by atoms with Gasteiger partial charge in [0.2, 0.25) is 0 Å². The highest BCUT2D eigenvalue weighted by Crippen LogP contribution is 2.33. The SMILES string of the molecule is Cn1cc(C(F)(F)F)c2ccc(CN)cc2c1=O. The Hall–Kier alpha value is -1.82. The second kappa shape index (κ2) is 4.13. The molecule has 0 unspecified atom stereocenters. The Balaban J connectivity index is 2.91. The number of benzene rings is 1. The first-order chi connectivity index (χ1) is 8.34. The molecule has 1 aromatic carbocycles. The van der Waals surface area contributed by atoms with Crippen LogP contribution in [0.15, 0.2) is 29.2 Å². The van der Waals surface area contributed by atoms with Crippen LogP contribution in [0.1, 0.15) is 11.1 Å². The summed E-state index contributed by atoms with van der Waals surface area (Å²) in [6.07, 6.45) is -3.68. The second-order valence-corrected chi connectivity index (χ2v) is 4.04. The van der Waals surface area contributed by atoms with Crippen LogP contribution in [0.5, 0.6) is 0 Å². The summed E-state index contributed by atoms with van der Waals surface area (Å²) < 4.78 is 39.6. The van der Waals surface area contributed by atoms with Gasteiger partial charge in [-0.15, -0.1) is 0 Å². The third-order valence-corrected chi connectivity index (χ3v) is 2.79. The molecule has 96 valence electrons. The zero-order chi connectivity index (χ0) is 13.5. The van der Waals surface area contributed by atoms with E-state index in [1.165, 1.54) is 25.2 Å². The minimum absolute atomic E-state index is 0.0373. The van der Waals surface area contributed by atoms with Gasteiger partial charge in [-0.3, -0.25) is 4.79 Å². The fourth-order valence-electron chi connectivity index (χ4n) is 1.87. The third kappa shape index (κ3) is 1.99. The lowest BCUT2D eigenvalue weighted by atomic mass is 10.0. The standard InChI is InChI=1S/C12H11F3N2O/c1-17-6-10(12(13,14)15)8-3-2-7(5-16)4-9(8)11(17)18/h2-4,6H,5,16H2,1H3. The fourth-order valence-corrected chi connectivity index (χ4v) is 1.87. The molecule has 0 radical (unpaired) electrons. The summed E-state index contributed by atoms with van der Waals surface area (Å²) in [6.45, 7) is 0.176. The van der Waals surface area contributed by atoms with E-state index in [2.05, 4.69) is 0 Å². The molecule has 0 atom stereocenters. The maximum absolute atomic E-state index is 12.9. The average Bonchev–Trinajstić information content (AvgIpc) is 2.31. The van der Waals surface area contributed by atoms with Crippen LogP contribution in [-0.4, -0.2) is 4.57 Å². The van der Waals surface area contributed by atoms with Crippen LogP contribution in [0, 0.1) is 0 Å². The smallest absolute Gasteiger partial charge is 0.326 e. The first kappa shape index (κ1) is 12.6. The zero-order valence-corrected chi connectivity index (χ0v) is 9.58. The molecule has 2 N–H and O–H groups in total. The molecule has 1 heterocycles. The van der Waals surface area contributed by atoms with Crippen molar-refractivity contribution in [2.75, 3.05) is 0 Å². The highest BCUT2D eigenvalue weighted by molar-refractivity contribution is 5.85. The van der Waals surface area contributed by atoms with E-state index in [9.17, 15) is 18.0 Å². The first-order valence-electron chi connectivity index (χ1n) is 5.24. The van der Waals surface area contributed by atoms with E-state index in [0.29, 0.717) is 5.56 Å². The summed E-state index contributed by atoms with van der Waals surface area (Å²) in [5.41, 5.74) is 4.76. The summed E-state index contributed by atoms with van der Waals surface area (Å²) >= 11 is 0. The Morgan fingerprint density at radius 3 is 2.50 bits per heavy atom. The number of hydrogen-bond donors (Lipinski definition) is 1. The number of nitrogens with zero attached hydrogens (tertiary/aromatic N) is 1. The predicted octanol–water partition coefficient (Wildman–Crippen LogP) is 2.02. The summed E-state index contributed by atoms with van der Waals surface area (Å²) in [6, 6.07) is 4.20. The Bertz CT molecular complexity index is 659. The molecule has 2 rings (SSSR count). The average molecular weight is 256 g/mol. The number of pyridine rings is 1. The maximum Gasteiger partial charge on any atom is 0.418 e. The minimum Gasteiger partial charge on any atom is -0.326 e. The summed E-state index contributed by atoms with van der Waals surface area (Å²) in [5, 5.41) is -0.0573. The zero-order valence-electron chi connectivity index (χ0n) is 9.58. The highest BCUT2D eigenvalue weighted by atomic mass is 19.4. The number of fused-ring (bicyclic) bond motifs is 1. The lowest BCUT2D eigenvalue weighted by Crippen LogP contribution is -2.20. The van der Waals surface area contributed by atoms with Gasteiger partial charge in [-0.2, -0.15) is 13.2 Å². The van der Waals surface area contributed by atoms with E-state index in [1.807, 2.05) is 0 Å². The molecule has 2 aromatic rings. The molecule has 3 nitrogen and oxygen atoms in total. The first-order valence-corrected chi connectivity index (χ1v) is 5.24. The normalized spacial score (nSPS) is 12.1. The molecule has 0 spiro atoms. The van der Waals surface area contributed by atoms with Crippen molar-refractivity contribution in [3.63, 3.8) is 0 Å². The molecule has 6 heteroatoms. The molecule has 0 aliphatic carbocycles. The Labute approximate surface area is 101 Å². The third-order valence-electron chi connectivity index (χ3n) is 2.79. The number of halogens is 3. The van der Waals surface area contributed by atoms with Crippen LogP contribution >= 0.6 is 0 Å². The van der Waals surface area contributed by atoms with Crippen molar-refractivity contribution in [3.05, 3.63) is 45.9 Å².